The van der Waals surface area contributed by atoms with Crippen LogP contribution in [0.4, 0.5) is 21.7 Å². The molecule has 2 amide bonds. The smallest absolute Gasteiger partial charge is 0.255 e. The Morgan fingerprint density at radius 2 is 1.69 bits per heavy atom. The summed E-state index contributed by atoms with van der Waals surface area (Å²) in [5.41, 5.74) is 4.22. The highest BCUT2D eigenvalue weighted by atomic mass is 19.1. The molecule has 0 bridgehead atoms. The largest absolute Gasteiger partial charge is 0.322 e. The van der Waals surface area contributed by atoms with Crippen molar-refractivity contribution in [3.63, 3.8) is 0 Å². The summed E-state index contributed by atoms with van der Waals surface area (Å²) in [4.78, 5) is 36.7. The van der Waals surface area contributed by atoms with Crippen LogP contribution in [0.2, 0.25) is 0 Å². The second-order valence-corrected chi connectivity index (χ2v) is 9.00. The molecule has 0 saturated heterocycles. The number of benzene rings is 3. The Labute approximate surface area is 202 Å². The lowest BCUT2D eigenvalue weighted by Gasteiger charge is -2.20. The highest BCUT2D eigenvalue weighted by Crippen LogP contribution is 2.48. The van der Waals surface area contributed by atoms with Crippen LogP contribution < -0.4 is 10.2 Å². The fourth-order valence-corrected chi connectivity index (χ4v) is 4.49. The Balaban J connectivity index is 1.58. The predicted molar refractivity (Wildman–Crippen MR) is 133 cm³/mol. The molecule has 1 aliphatic rings. The molecule has 7 heteroatoms. The number of hydrogen-bond acceptors (Lipinski definition) is 4. The minimum absolute atomic E-state index is 0.118. The zero-order chi connectivity index (χ0) is 24.7. The molecule has 0 saturated carbocycles. The summed E-state index contributed by atoms with van der Waals surface area (Å²) in [5.74, 6) is -0.457. The Hall–Kier alpha value is -4.39. The molecule has 6 nitrogen and oxygen atoms in total. The quantitative estimate of drug-likeness (QED) is 0.413. The average Bonchev–Trinajstić information content (AvgIpc) is 3.06. The number of aromatic nitrogens is 2. The van der Waals surface area contributed by atoms with Gasteiger partial charge in [-0.25, -0.2) is 19.3 Å². The summed E-state index contributed by atoms with van der Waals surface area (Å²) in [6, 6.07) is 18.7. The molecule has 1 aliphatic heterocycles. The van der Waals surface area contributed by atoms with Crippen molar-refractivity contribution >= 4 is 29.1 Å². The van der Waals surface area contributed by atoms with Gasteiger partial charge in [0.05, 0.1) is 11.1 Å². The van der Waals surface area contributed by atoms with Crippen LogP contribution in [0.5, 0.6) is 0 Å². The topological polar surface area (TPSA) is 75.2 Å². The number of nitrogens with one attached hydrogen (secondary N) is 1. The second-order valence-electron chi connectivity index (χ2n) is 9.00. The number of fused-ring (bicyclic) bond motifs is 1. The van der Waals surface area contributed by atoms with Crippen molar-refractivity contribution in [2.75, 3.05) is 10.2 Å². The van der Waals surface area contributed by atoms with E-state index in [1.807, 2.05) is 57.2 Å². The molecular formula is C28H23FN4O2. The van der Waals surface area contributed by atoms with Gasteiger partial charge in [-0.05, 0) is 85.5 Å². The van der Waals surface area contributed by atoms with Crippen LogP contribution in [0.25, 0.3) is 11.1 Å². The third-order valence-corrected chi connectivity index (χ3v) is 6.29. The van der Waals surface area contributed by atoms with Gasteiger partial charge in [-0.15, -0.1) is 0 Å². The van der Waals surface area contributed by atoms with Gasteiger partial charge in [-0.2, -0.15) is 0 Å². The zero-order valence-corrected chi connectivity index (χ0v) is 19.5. The monoisotopic (exact) mass is 466 g/mol. The van der Waals surface area contributed by atoms with Crippen molar-refractivity contribution in [2.24, 2.45) is 0 Å². The molecule has 3 aromatic carbocycles. The Bertz CT molecular complexity index is 1450. The number of aryl methyl sites for hydroxylation is 1. The van der Waals surface area contributed by atoms with Crippen molar-refractivity contribution in [3.05, 3.63) is 102 Å². The van der Waals surface area contributed by atoms with E-state index in [4.69, 9.17) is 0 Å². The molecule has 0 atom stereocenters. The molecule has 1 N–H and O–H groups in total. The standard InChI is InChI=1S/C28H23FN4O2/c1-17-8-9-18(16-22(17)25(34)32-20-12-10-19(29)11-13-20)21-6-4-7-23-24(21)28(2,3)26(35)33(23)27-30-14-5-15-31-27/h4-16H,1-3H3,(H,32,34). The van der Waals surface area contributed by atoms with Gasteiger partial charge in [0.2, 0.25) is 11.9 Å². The van der Waals surface area contributed by atoms with Gasteiger partial charge < -0.3 is 5.32 Å². The molecule has 0 spiro atoms. The van der Waals surface area contributed by atoms with E-state index in [2.05, 4.69) is 15.3 Å². The van der Waals surface area contributed by atoms with E-state index in [1.165, 1.54) is 24.3 Å². The first-order valence-corrected chi connectivity index (χ1v) is 11.2. The highest BCUT2D eigenvalue weighted by Gasteiger charge is 2.47. The molecule has 4 aromatic rings. The van der Waals surface area contributed by atoms with Crippen molar-refractivity contribution in [2.45, 2.75) is 26.2 Å². The SMILES string of the molecule is Cc1ccc(-c2cccc3c2C(C)(C)C(=O)N3c2ncccn2)cc1C(=O)Nc1ccc(F)cc1. The highest BCUT2D eigenvalue weighted by molar-refractivity contribution is 6.13. The molecule has 174 valence electrons. The summed E-state index contributed by atoms with van der Waals surface area (Å²) in [6.07, 6.45) is 3.22. The van der Waals surface area contributed by atoms with Crippen LogP contribution in [0.3, 0.4) is 0 Å². The minimum Gasteiger partial charge on any atom is -0.322 e. The molecule has 0 radical (unpaired) electrons. The van der Waals surface area contributed by atoms with E-state index in [0.29, 0.717) is 17.2 Å². The molecule has 35 heavy (non-hydrogen) atoms. The Morgan fingerprint density at radius 1 is 0.971 bits per heavy atom. The van der Waals surface area contributed by atoms with Gasteiger partial charge in [0.25, 0.3) is 5.91 Å². The summed E-state index contributed by atoms with van der Waals surface area (Å²) >= 11 is 0. The van der Waals surface area contributed by atoms with Crippen molar-refractivity contribution in [1.82, 2.24) is 9.97 Å². The van der Waals surface area contributed by atoms with E-state index in [1.54, 1.807) is 23.4 Å². The van der Waals surface area contributed by atoms with Crippen LogP contribution >= 0.6 is 0 Å². The molecule has 0 unspecified atom stereocenters. The van der Waals surface area contributed by atoms with E-state index in [-0.39, 0.29) is 17.6 Å². The Morgan fingerprint density at radius 3 is 2.40 bits per heavy atom. The number of carbonyl (C=O) groups is 2. The third-order valence-electron chi connectivity index (χ3n) is 6.29. The molecule has 0 aliphatic carbocycles. The Kier molecular flexibility index (Phi) is 5.40. The first-order chi connectivity index (χ1) is 16.8. The predicted octanol–water partition coefficient (Wildman–Crippen LogP) is 5.80. The van der Waals surface area contributed by atoms with Crippen molar-refractivity contribution in [1.29, 1.82) is 0 Å². The number of rotatable bonds is 4. The number of nitrogens with zero attached hydrogens (tertiary/aromatic N) is 3. The first kappa shape index (κ1) is 22.4. The van der Waals surface area contributed by atoms with Crippen LogP contribution in [-0.2, 0) is 10.2 Å². The van der Waals surface area contributed by atoms with Gasteiger partial charge in [0.15, 0.2) is 0 Å². The van der Waals surface area contributed by atoms with Gasteiger partial charge in [-0.1, -0.05) is 24.3 Å². The lowest BCUT2D eigenvalue weighted by atomic mass is 9.81. The zero-order valence-electron chi connectivity index (χ0n) is 19.5. The average molecular weight is 467 g/mol. The van der Waals surface area contributed by atoms with Crippen LogP contribution in [-0.4, -0.2) is 21.8 Å². The van der Waals surface area contributed by atoms with E-state index >= 15 is 0 Å². The molecular weight excluding hydrogens is 443 g/mol. The van der Waals surface area contributed by atoms with Crippen LogP contribution in [0.15, 0.2) is 79.1 Å². The van der Waals surface area contributed by atoms with Crippen LogP contribution in [0.1, 0.15) is 35.3 Å². The fourth-order valence-electron chi connectivity index (χ4n) is 4.49. The molecule has 5 rings (SSSR count). The summed E-state index contributed by atoms with van der Waals surface area (Å²) < 4.78 is 13.2. The number of anilines is 3. The maximum Gasteiger partial charge on any atom is 0.255 e. The van der Waals surface area contributed by atoms with E-state index < -0.39 is 5.41 Å². The summed E-state index contributed by atoms with van der Waals surface area (Å²) in [5, 5.41) is 2.82. The van der Waals surface area contributed by atoms with Crippen LogP contribution in [0, 0.1) is 12.7 Å². The molecule has 0 fully saturated rings. The number of halogens is 1. The minimum atomic E-state index is -0.827. The lowest BCUT2D eigenvalue weighted by molar-refractivity contribution is -0.121. The lowest BCUT2D eigenvalue weighted by Crippen LogP contribution is -2.34. The van der Waals surface area contributed by atoms with Crippen molar-refractivity contribution < 1.29 is 14.0 Å². The molecule has 1 aromatic heterocycles. The number of hydrogen-bond donors (Lipinski definition) is 1. The summed E-state index contributed by atoms with van der Waals surface area (Å²) in [7, 11) is 0. The molecule has 2 heterocycles. The first-order valence-electron chi connectivity index (χ1n) is 11.2. The number of amides is 2. The fraction of sp³-hybridized carbons (Fsp3) is 0.143. The normalized spacial score (nSPS) is 14.1. The van der Waals surface area contributed by atoms with Crippen molar-refractivity contribution in [3.8, 4) is 11.1 Å². The van der Waals surface area contributed by atoms with Gasteiger partial charge in [-0.3, -0.25) is 9.59 Å². The van der Waals surface area contributed by atoms with Gasteiger partial charge in [0.1, 0.15) is 5.82 Å². The van der Waals surface area contributed by atoms with Gasteiger partial charge in [0, 0.05) is 23.6 Å². The second kappa shape index (κ2) is 8.43. The summed E-state index contributed by atoms with van der Waals surface area (Å²) in [6.45, 7) is 5.63. The maximum absolute atomic E-state index is 13.5. The maximum atomic E-state index is 13.5. The third kappa shape index (κ3) is 3.85. The number of carbonyl (C=O) groups excluding carboxylic acids is 2. The van der Waals surface area contributed by atoms with E-state index in [9.17, 15) is 14.0 Å². The van der Waals surface area contributed by atoms with E-state index in [0.717, 1.165) is 27.9 Å². The van der Waals surface area contributed by atoms with Gasteiger partial charge >= 0.3 is 0 Å².